The number of nitrogens with zero attached hydrogens (tertiary/aromatic N) is 2. The summed E-state index contributed by atoms with van der Waals surface area (Å²) < 4.78 is 13.5. The van der Waals surface area contributed by atoms with Gasteiger partial charge in [0, 0.05) is 22.7 Å². The molecule has 1 aliphatic heterocycles. The molecule has 0 saturated carbocycles. The first kappa shape index (κ1) is 15.8. The van der Waals surface area contributed by atoms with Crippen LogP contribution in [0.4, 0.5) is 4.39 Å². The molecule has 0 N–H and O–H groups in total. The number of pyridine rings is 1. The number of halogens is 1. The molecule has 1 saturated heterocycles. The molecule has 25 heavy (non-hydrogen) atoms. The number of rotatable bonds is 2. The minimum absolute atomic E-state index is 0.237. The largest absolute Gasteiger partial charge is 0.292 e. The van der Waals surface area contributed by atoms with Crippen molar-refractivity contribution in [3.05, 3.63) is 66.1 Å². The van der Waals surface area contributed by atoms with E-state index < -0.39 is 0 Å². The smallest absolute Gasteiger partial charge is 0.123 e. The van der Waals surface area contributed by atoms with E-state index in [-0.39, 0.29) is 5.82 Å². The van der Waals surface area contributed by atoms with Crippen LogP contribution in [0.3, 0.4) is 0 Å². The lowest BCUT2D eigenvalue weighted by atomic mass is 10.0. The summed E-state index contributed by atoms with van der Waals surface area (Å²) in [5, 5.41) is 1.02. The minimum Gasteiger partial charge on any atom is -0.292 e. The topological polar surface area (TPSA) is 16.1 Å². The molecule has 0 bridgehead atoms. The van der Waals surface area contributed by atoms with Gasteiger partial charge in [-0.05, 0) is 67.9 Å². The van der Waals surface area contributed by atoms with Gasteiger partial charge in [-0.2, -0.15) is 0 Å². The Balaban J connectivity index is 1.61. The minimum atomic E-state index is -0.237. The molecule has 2 nitrogen and oxygen atoms in total. The van der Waals surface area contributed by atoms with Crippen molar-refractivity contribution in [1.82, 2.24) is 9.88 Å². The highest BCUT2D eigenvalue weighted by atomic mass is 19.1. The number of fused-ring (bicyclic) bond motifs is 1. The summed E-state index contributed by atoms with van der Waals surface area (Å²) in [6.45, 7) is 3.15. The van der Waals surface area contributed by atoms with E-state index in [9.17, 15) is 4.39 Å². The van der Waals surface area contributed by atoms with Crippen molar-refractivity contribution in [3.63, 3.8) is 0 Å². The molecular weight excluding hydrogens is 311 g/mol. The Labute approximate surface area is 147 Å². The maximum Gasteiger partial charge on any atom is 0.123 e. The van der Waals surface area contributed by atoms with Crippen molar-refractivity contribution in [2.24, 2.45) is 0 Å². The highest BCUT2D eigenvalue weighted by Crippen LogP contribution is 2.24. The lowest BCUT2D eigenvalue weighted by Crippen LogP contribution is -2.18. The van der Waals surface area contributed by atoms with Gasteiger partial charge in [0.25, 0.3) is 0 Å². The number of aromatic nitrogens is 1. The number of benzene rings is 2. The van der Waals surface area contributed by atoms with Gasteiger partial charge in [0.15, 0.2) is 0 Å². The first-order valence-electron chi connectivity index (χ1n) is 8.65. The average molecular weight is 330 g/mol. The molecule has 0 spiro atoms. The van der Waals surface area contributed by atoms with Crippen molar-refractivity contribution in [1.29, 1.82) is 0 Å². The monoisotopic (exact) mass is 330 g/mol. The van der Waals surface area contributed by atoms with Gasteiger partial charge in [0.1, 0.15) is 5.82 Å². The van der Waals surface area contributed by atoms with E-state index in [0.29, 0.717) is 0 Å². The van der Waals surface area contributed by atoms with Gasteiger partial charge in [-0.1, -0.05) is 24.0 Å². The predicted molar refractivity (Wildman–Crippen MR) is 99.7 cm³/mol. The van der Waals surface area contributed by atoms with Gasteiger partial charge >= 0.3 is 0 Å². The number of hydrogen-bond donors (Lipinski definition) is 0. The molecule has 0 aliphatic carbocycles. The quantitative estimate of drug-likeness (QED) is 0.644. The second-order valence-electron chi connectivity index (χ2n) is 6.43. The van der Waals surface area contributed by atoms with Gasteiger partial charge in [-0.25, -0.2) is 4.39 Å². The molecule has 1 aromatic heterocycles. The first-order valence-corrected chi connectivity index (χ1v) is 8.65. The zero-order valence-corrected chi connectivity index (χ0v) is 14.0. The SMILES string of the molecule is Fc1cccc(-c2cnc3ccc(C#CCN4CCCC4)cc3c2)c1. The van der Waals surface area contributed by atoms with Gasteiger partial charge in [-0.3, -0.25) is 9.88 Å². The van der Waals surface area contributed by atoms with Crippen LogP contribution in [0.2, 0.25) is 0 Å². The van der Waals surface area contributed by atoms with Crippen LogP contribution in [0.5, 0.6) is 0 Å². The molecule has 1 fully saturated rings. The lowest BCUT2D eigenvalue weighted by molar-refractivity contribution is 0.383. The standard InChI is InChI=1S/C22H19FN2/c23-21-7-3-6-18(15-21)20-14-19-13-17(8-9-22(19)24-16-20)5-4-12-25-10-1-2-11-25/h3,6-9,13-16H,1-2,10-12H2. The molecule has 124 valence electrons. The first-order chi connectivity index (χ1) is 12.3. The van der Waals surface area contributed by atoms with Crippen LogP contribution >= 0.6 is 0 Å². The van der Waals surface area contributed by atoms with E-state index in [4.69, 9.17) is 0 Å². The Hall–Kier alpha value is -2.70. The zero-order valence-electron chi connectivity index (χ0n) is 14.0. The maximum atomic E-state index is 13.5. The summed E-state index contributed by atoms with van der Waals surface area (Å²) in [5.41, 5.74) is 3.66. The number of hydrogen-bond acceptors (Lipinski definition) is 2. The van der Waals surface area contributed by atoms with Crippen molar-refractivity contribution in [2.75, 3.05) is 19.6 Å². The van der Waals surface area contributed by atoms with E-state index in [1.807, 2.05) is 24.3 Å². The van der Waals surface area contributed by atoms with E-state index >= 15 is 0 Å². The van der Waals surface area contributed by atoms with E-state index in [1.54, 1.807) is 12.3 Å². The van der Waals surface area contributed by atoms with Gasteiger partial charge in [0.05, 0.1) is 12.1 Å². The molecule has 1 aliphatic rings. The van der Waals surface area contributed by atoms with Gasteiger partial charge in [0.2, 0.25) is 0 Å². The molecule has 3 aromatic rings. The summed E-state index contributed by atoms with van der Waals surface area (Å²) in [5.74, 6) is 6.28. The Kier molecular flexibility index (Phi) is 4.45. The second-order valence-corrected chi connectivity index (χ2v) is 6.43. The van der Waals surface area contributed by atoms with Crippen LogP contribution in [0.1, 0.15) is 18.4 Å². The molecular formula is C22H19FN2. The molecule has 2 aromatic carbocycles. The molecule has 4 rings (SSSR count). The van der Waals surface area contributed by atoms with Crippen molar-refractivity contribution >= 4 is 10.9 Å². The Bertz CT molecular complexity index is 962. The fourth-order valence-corrected chi connectivity index (χ4v) is 3.23. The third-order valence-electron chi connectivity index (χ3n) is 4.57. The maximum absolute atomic E-state index is 13.5. The van der Waals surface area contributed by atoms with Crippen LogP contribution in [0.15, 0.2) is 54.7 Å². The highest BCUT2D eigenvalue weighted by Gasteiger charge is 2.08. The van der Waals surface area contributed by atoms with E-state index in [1.165, 1.54) is 25.0 Å². The van der Waals surface area contributed by atoms with Gasteiger partial charge in [-0.15, -0.1) is 0 Å². The van der Waals surface area contributed by atoms with Gasteiger partial charge < -0.3 is 0 Å². The molecule has 0 amide bonds. The van der Waals surface area contributed by atoms with Crippen LogP contribution in [0, 0.1) is 17.7 Å². The highest BCUT2D eigenvalue weighted by molar-refractivity contribution is 5.84. The molecule has 0 radical (unpaired) electrons. The zero-order chi connectivity index (χ0) is 17.1. The summed E-state index contributed by atoms with van der Waals surface area (Å²) >= 11 is 0. The Morgan fingerprint density at radius 2 is 1.88 bits per heavy atom. The second kappa shape index (κ2) is 7.04. The lowest BCUT2D eigenvalue weighted by Gasteiger charge is -2.08. The van der Waals surface area contributed by atoms with Crippen LogP contribution < -0.4 is 0 Å². The Morgan fingerprint density at radius 1 is 1.00 bits per heavy atom. The van der Waals surface area contributed by atoms with Crippen LogP contribution in [-0.4, -0.2) is 29.5 Å². The molecule has 0 atom stereocenters. The summed E-state index contributed by atoms with van der Waals surface area (Å²) in [4.78, 5) is 6.88. The fourth-order valence-electron chi connectivity index (χ4n) is 3.23. The Morgan fingerprint density at radius 3 is 2.72 bits per heavy atom. The fraction of sp³-hybridized carbons (Fsp3) is 0.227. The van der Waals surface area contributed by atoms with Crippen molar-refractivity contribution in [2.45, 2.75) is 12.8 Å². The number of likely N-dealkylation sites (tertiary alicyclic amines) is 1. The summed E-state index contributed by atoms with van der Waals surface area (Å²) in [6.07, 6.45) is 4.36. The van der Waals surface area contributed by atoms with Crippen LogP contribution in [-0.2, 0) is 0 Å². The molecule has 2 heterocycles. The summed E-state index contributed by atoms with van der Waals surface area (Å²) in [7, 11) is 0. The van der Waals surface area contributed by atoms with Crippen LogP contribution in [0.25, 0.3) is 22.0 Å². The third kappa shape index (κ3) is 3.70. The molecule has 0 unspecified atom stereocenters. The normalized spacial score (nSPS) is 14.4. The third-order valence-corrected chi connectivity index (χ3v) is 4.57. The summed E-state index contributed by atoms with van der Waals surface area (Å²) in [6, 6.07) is 14.7. The van der Waals surface area contributed by atoms with Crippen molar-refractivity contribution < 1.29 is 4.39 Å². The van der Waals surface area contributed by atoms with E-state index in [0.717, 1.165) is 47.2 Å². The molecule has 3 heteroatoms. The predicted octanol–water partition coefficient (Wildman–Crippen LogP) is 4.49. The van der Waals surface area contributed by atoms with E-state index in [2.05, 4.69) is 27.8 Å². The average Bonchev–Trinajstić information content (AvgIpc) is 3.14. The van der Waals surface area contributed by atoms with Crippen molar-refractivity contribution in [3.8, 4) is 23.0 Å².